The number of halogens is 2. The maximum atomic E-state index is 12.2. The fourth-order valence-corrected chi connectivity index (χ4v) is 3.74. The van der Waals surface area contributed by atoms with Crippen LogP contribution in [0.5, 0.6) is 0 Å². The molecule has 0 atom stereocenters. The number of aromatic nitrogens is 2. The van der Waals surface area contributed by atoms with Crippen LogP contribution in [0.3, 0.4) is 0 Å². The number of imidazole rings is 1. The Balaban J connectivity index is 1.64. The largest absolute Gasteiger partial charge is 0.383 e. The Hall–Kier alpha value is -1.73. The summed E-state index contributed by atoms with van der Waals surface area (Å²) in [7, 11) is 1.66. The third-order valence-corrected chi connectivity index (χ3v) is 5.39. The van der Waals surface area contributed by atoms with Crippen LogP contribution in [0.4, 0.5) is 0 Å². The molecule has 1 N–H and O–H groups in total. The summed E-state index contributed by atoms with van der Waals surface area (Å²) in [5.41, 5.74) is 2.78. The van der Waals surface area contributed by atoms with Gasteiger partial charge in [0.2, 0.25) is 5.91 Å². The molecule has 142 valence electrons. The van der Waals surface area contributed by atoms with Crippen molar-refractivity contribution in [3.63, 3.8) is 0 Å². The van der Waals surface area contributed by atoms with Crippen LogP contribution < -0.4 is 5.32 Å². The second-order valence-corrected chi connectivity index (χ2v) is 7.68. The molecular formula is C19H19Cl2N3O2S. The van der Waals surface area contributed by atoms with Gasteiger partial charge in [0.1, 0.15) is 0 Å². The van der Waals surface area contributed by atoms with E-state index in [1.54, 1.807) is 19.2 Å². The molecule has 3 rings (SSSR count). The van der Waals surface area contributed by atoms with E-state index < -0.39 is 0 Å². The molecular weight excluding hydrogens is 405 g/mol. The van der Waals surface area contributed by atoms with E-state index in [-0.39, 0.29) is 11.7 Å². The van der Waals surface area contributed by atoms with Crippen molar-refractivity contribution >= 4 is 51.9 Å². The molecule has 5 nitrogen and oxygen atoms in total. The molecule has 0 saturated heterocycles. The third kappa shape index (κ3) is 5.39. The number of amides is 1. The minimum Gasteiger partial charge on any atom is -0.383 e. The van der Waals surface area contributed by atoms with Crippen molar-refractivity contribution in [1.82, 2.24) is 14.9 Å². The Morgan fingerprint density at radius 2 is 1.93 bits per heavy atom. The second-order valence-electron chi connectivity index (χ2n) is 5.86. The minimum absolute atomic E-state index is 0.0571. The van der Waals surface area contributed by atoms with E-state index in [9.17, 15) is 4.79 Å². The zero-order valence-corrected chi connectivity index (χ0v) is 17.1. The van der Waals surface area contributed by atoms with Gasteiger partial charge in [-0.3, -0.25) is 4.79 Å². The standard InChI is InChI=1S/C19H19Cl2N3O2S/c1-26-9-8-24-17-7-6-15(21)10-16(17)23-19(24)27-12-18(25)22-11-13-2-4-14(20)5-3-13/h2-7,10H,8-9,11-12H2,1H3,(H,22,25). The summed E-state index contributed by atoms with van der Waals surface area (Å²) in [4.78, 5) is 16.8. The number of carbonyl (C=O) groups is 1. The van der Waals surface area contributed by atoms with Crippen LogP contribution in [0.15, 0.2) is 47.6 Å². The lowest BCUT2D eigenvalue weighted by Gasteiger charge is -2.09. The van der Waals surface area contributed by atoms with Gasteiger partial charge in [-0.1, -0.05) is 47.1 Å². The summed E-state index contributed by atoms with van der Waals surface area (Å²) in [5.74, 6) is 0.218. The Morgan fingerprint density at radius 3 is 2.67 bits per heavy atom. The normalized spacial score (nSPS) is 11.1. The first-order chi connectivity index (χ1) is 13.1. The van der Waals surface area contributed by atoms with E-state index in [1.165, 1.54) is 11.8 Å². The van der Waals surface area contributed by atoms with Crippen LogP contribution in [0.2, 0.25) is 10.0 Å². The summed E-state index contributed by atoms with van der Waals surface area (Å²) in [5, 5.41) is 4.99. The summed E-state index contributed by atoms with van der Waals surface area (Å²) in [6, 6.07) is 13.0. The van der Waals surface area contributed by atoms with Crippen molar-refractivity contribution in [2.45, 2.75) is 18.2 Å². The van der Waals surface area contributed by atoms with Gasteiger partial charge in [-0.25, -0.2) is 4.98 Å². The van der Waals surface area contributed by atoms with Crippen molar-refractivity contribution in [3.05, 3.63) is 58.1 Å². The number of fused-ring (bicyclic) bond motifs is 1. The number of hydrogen-bond donors (Lipinski definition) is 1. The van der Waals surface area contributed by atoms with Crippen LogP contribution in [-0.2, 0) is 22.6 Å². The number of nitrogens with zero attached hydrogens (tertiary/aromatic N) is 2. The Labute approximate surface area is 172 Å². The van der Waals surface area contributed by atoms with Gasteiger partial charge in [-0.05, 0) is 35.9 Å². The minimum atomic E-state index is -0.0571. The van der Waals surface area contributed by atoms with Gasteiger partial charge in [0.05, 0.1) is 23.4 Å². The van der Waals surface area contributed by atoms with E-state index in [0.29, 0.717) is 29.7 Å². The van der Waals surface area contributed by atoms with Crippen molar-refractivity contribution < 1.29 is 9.53 Å². The Bertz CT molecular complexity index is 929. The molecule has 27 heavy (non-hydrogen) atoms. The SMILES string of the molecule is COCCn1c(SCC(=O)NCc2ccc(Cl)cc2)nc2cc(Cl)ccc21. The number of benzene rings is 2. The van der Waals surface area contributed by atoms with E-state index in [1.807, 2.05) is 34.9 Å². The molecule has 0 radical (unpaired) electrons. The highest BCUT2D eigenvalue weighted by Crippen LogP contribution is 2.26. The fourth-order valence-electron chi connectivity index (χ4n) is 2.57. The molecule has 0 unspecified atom stereocenters. The van der Waals surface area contributed by atoms with Gasteiger partial charge in [0.15, 0.2) is 5.16 Å². The van der Waals surface area contributed by atoms with Gasteiger partial charge < -0.3 is 14.6 Å². The monoisotopic (exact) mass is 423 g/mol. The van der Waals surface area contributed by atoms with Crippen LogP contribution in [0, 0.1) is 0 Å². The molecule has 0 aliphatic rings. The first kappa shape index (κ1) is 20.0. The highest BCUT2D eigenvalue weighted by Gasteiger charge is 2.13. The molecule has 0 bridgehead atoms. The zero-order valence-electron chi connectivity index (χ0n) is 14.7. The summed E-state index contributed by atoms with van der Waals surface area (Å²) in [6.45, 7) is 1.68. The Kier molecular flexibility index (Phi) is 7.01. The lowest BCUT2D eigenvalue weighted by Crippen LogP contribution is -2.24. The quantitative estimate of drug-likeness (QED) is 0.545. The first-order valence-electron chi connectivity index (χ1n) is 8.35. The van der Waals surface area contributed by atoms with E-state index in [4.69, 9.17) is 27.9 Å². The number of ether oxygens (including phenoxy) is 1. The van der Waals surface area contributed by atoms with Crippen molar-refractivity contribution in [1.29, 1.82) is 0 Å². The van der Waals surface area contributed by atoms with E-state index in [0.717, 1.165) is 21.8 Å². The summed E-state index contributed by atoms with van der Waals surface area (Å²) in [6.07, 6.45) is 0. The van der Waals surface area contributed by atoms with Gasteiger partial charge in [0.25, 0.3) is 0 Å². The summed E-state index contributed by atoms with van der Waals surface area (Å²) >= 11 is 13.3. The average Bonchev–Trinajstić information content (AvgIpc) is 3.00. The van der Waals surface area contributed by atoms with Crippen LogP contribution in [0.1, 0.15) is 5.56 Å². The van der Waals surface area contributed by atoms with Gasteiger partial charge >= 0.3 is 0 Å². The molecule has 0 aliphatic heterocycles. The number of thioether (sulfide) groups is 1. The molecule has 0 spiro atoms. The highest BCUT2D eigenvalue weighted by atomic mass is 35.5. The number of carbonyl (C=O) groups excluding carboxylic acids is 1. The maximum Gasteiger partial charge on any atom is 0.230 e. The number of nitrogens with one attached hydrogen (secondary N) is 1. The smallest absolute Gasteiger partial charge is 0.230 e. The van der Waals surface area contributed by atoms with Crippen molar-refractivity contribution in [3.8, 4) is 0 Å². The van der Waals surface area contributed by atoms with Crippen molar-refractivity contribution in [2.75, 3.05) is 19.5 Å². The molecule has 1 heterocycles. The predicted octanol–water partition coefficient (Wildman–Crippen LogP) is 4.40. The number of hydrogen-bond acceptors (Lipinski definition) is 4. The lowest BCUT2D eigenvalue weighted by molar-refractivity contribution is -0.118. The van der Waals surface area contributed by atoms with Gasteiger partial charge in [-0.2, -0.15) is 0 Å². The van der Waals surface area contributed by atoms with Gasteiger partial charge in [0, 0.05) is 30.2 Å². The van der Waals surface area contributed by atoms with E-state index >= 15 is 0 Å². The molecule has 0 fully saturated rings. The number of rotatable bonds is 8. The molecule has 2 aromatic carbocycles. The average molecular weight is 424 g/mol. The molecule has 1 amide bonds. The predicted molar refractivity (Wildman–Crippen MR) is 111 cm³/mol. The molecule has 1 aromatic heterocycles. The second kappa shape index (κ2) is 9.46. The van der Waals surface area contributed by atoms with Crippen LogP contribution in [0.25, 0.3) is 11.0 Å². The third-order valence-electron chi connectivity index (χ3n) is 3.93. The first-order valence-corrected chi connectivity index (χ1v) is 10.1. The van der Waals surface area contributed by atoms with E-state index in [2.05, 4.69) is 10.3 Å². The van der Waals surface area contributed by atoms with Crippen LogP contribution in [-0.4, -0.2) is 34.9 Å². The fraction of sp³-hybridized carbons (Fsp3) is 0.263. The topological polar surface area (TPSA) is 56.1 Å². The molecule has 0 aliphatic carbocycles. The zero-order chi connectivity index (χ0) is 19.2. The molecule has 3 aromatic rings. The number of methoxy groups -OCH3 is 1. The molecule has 8 heteroatoms. The maximum absolute atomic E-state index is 12.2. The van der Waals surface area contributed by atoms with Gasteiger partial charge in [-0.15, -0.1) is 0 Å². The van der Waals surface area contributed by atoms with Crippen LogP contribution >= 0.6 is 35.0 Å². The highest BCUT2D eigenvalue weighted by molar-refractivity contribution is 7.99. The molecule has 0 saturated carbocycles. The summed E-state index contributed by atoms with van der Waals surface area (Å²) < 4.78 is 7.24. The Morgan fingerprint density at radius 1 is 1.19 bits per heavy atom. The van der Waals surface area contributed by atoms with Crippen molar-refractivity contribution in [2.24, 2.45) is 0 Å². The lowest BCUT2D eigenvalue weighted by atomic mass is 10.2.